The van der Waals surface area contributed by atoms with E-state index in [1.54, 1.807) is 17.1 Å². The van der Waals surface area contributed by atoms with Crippen LogP contribution in [-0.2, 0) is 4.79 Å². The molecule has 1 aliphatic heterocycles. The number of amides is 1. The number of carbonyl (C=O) groups excluding carboxylic acids is 1. The van der Waals surface area contributed by atoms with Gasteiger partial charge in [0.1, 0.15) is 0 Å². The van der Waals surface area contributed by atoms with Gasteiger partial charge in [-0.25, -0.2) is 0 Å². The van der Waals surface area contributed by atoms with Crippen LogP contribution in [0, 0.1) is 0 Å². The van der Waals surface area contributed by atoms with E-state index in [-0.39, 0.29) is 5.91 Å². The summed E-state index contributed by atoms with van der Waals surface area (Å²) in [6, 6.07) is 0. The lowest BCUT2D eigenvalue weighted by atomic mass is 10.2. The fourth-order valence-electron chi connectivity index (χ4n) is 1.54. The largest absolute Gasteiger partial charge is 0.316 e. The van der Waals surface area contributed by atoms with Crippen LogP contribution in [0.15, 0.2) is 48.7 Å². The Labute approximate surface area is 104 Å². The van der Waals surface area contributed by atoms with Crippen LogP contribution >= 0.6 is 0 Å². The molecule has 0 atom stereocenters. The van der Waals surface area contributed by atoms with Gasteiger partial charge in [-0.2, -0.15) is 0 Å². The van der Waals surface area contributed by atoms with E-state index in [0.717, 1.165) is 25.8 Å². The van der Waals surface area contributed by atoms with Crippen molar-refractivity contribution in [2.24, 2.45) is 0 Å². The molecule has 0 fully saturated rings. The molecule has 0 saturated heterocycles. The Morgan fingerprint density at radius 2 is 2.12 bits per heavy atom. The molecule has 2 nitrogen and oxygen atoms in total. The van der Waals surface area contributed by atoms with Crippen LogP contribution in [0.4, 0.5) is 0 Å². The van der Waals surface area contributed by atoms with Crippen LogP contribution in [0.2, 0.25) is 0 Å². The molecule has 1 rings (SSSR count). The van der Waals surface area contributed by atoms with Crippen LogP contribution in [0.1, 0.15) is 32.6 Å². The highest BCUT2D eigenvalue weighted by Crippen LogP contribution is 2.06. The standard InChI is InChI=1S/C15H21NO/c1-2-3-4-5-6-7-9-12-15(17)16-13-10-8-11-14-16/h4-7,9-10,12-13H,2-3,8,11,14H2,1H3. The van der Waals surface area contributed by atoms with Gasteiger partial charge in [-0.1, -0.05) is 49.8 Å². The predicted molar refractivity (Wildman–Crippen MR) is 72.4 cm³/mol. The summed E-state index contributed by atoms with van der Waals surface area (Å²) in [4.78, 5) is 13.4. The van der Waals surface area contributed by atoms with Crippen molar-refractivity contribution in [3.63, 3.8) is 0 Å². The first-order valence-corrected chi connectivity index (χ1v) is 6.31. The average Bonchev–Trinajstić information content (AvgIpc) is 2.38. The third-order valence-electron chi connectivity index (χ3n) is 2.50. The van der Waals surface area contributed by atoms with Crippen molar-refractivity contribution in [1.82, 2.24) is 4.90 Å². The lowest BCUT2D eigenvalue weighted by Crippen LogP contribution is -2.26. The minimum atomic E-state index is 0.0585. The lowest BCUT2D eigenvalue weighted by Gasteiger charge is -2.19. The molecule has 17 heavy (non-hydrogen) atoms. The molecule has 2 heteroatoms. The third-order valence-corrected chi connectivity index (χ3v) is 2.50. The number of unbranched alkanes of at least 4 members (excludes halogenated alkanes) is 1. The van der Waals surface area contributed by atoms with Crippen molar-refractivity contribution in [3.8, 4) is 0 Å². The Morgan fingerprint density at radius 3 is 2.82 bits per heavy atom. The second-order valence-electron chi connectivity index (χ2n) is 4.02. The maximum absolute atomic E-state index is 11.7. The van der Waals surface area contributed by atoms with E-state index in [2.05, 4.69) is 13.0 Å². The zero-order valence-corrected chi connectivity index (χ0v) is 10.5. The number of allylic oxidation sites excluding steroid dienone is 6. The van der Waals surface area contributed by atoms with Crippen molar-refractivity contribution < 1.29 is 4.79 Å². The number of nitrogens with zero attached hydrogens (tertiary/aromatic N) is 1. The van der Waals surface area contributed by atoms with E-state index in [4.69, 9.17) is 0 Å². The predicted octanol–water partition coefficient (Wildman–Crippen LogP) is 3.59. The number of hydrogen-bond acceptors (Lipinski definition) is 1. The summed E-state index contributed by atoms with van der Waals surface area (Å²) in [7, 11) is 0. The number of carbonyl (C=O) groups is 1. The molecular weight excluding hydrogens is 210 g/mol. The molecule has 1 aliphatic rings. The van der Waals surface area contributed by atoms with E-state index >= 15 is 0 Å². The van der Waals surface area contributed by atoms with Crippen LogP contribution in [0.3, 0.4) is 0 Å². The molecule has 0 N–H and O–H groups in total. The van der Waals surface area contributed by atoms with E-state index in [1.807, 2.05) is 30.5 Å². The number of rotatable bonds is 5. The Hall–Kier alpha value is -1.57. The van der Waals surface area contributed by atoms with Crippen molar-refractivity contribution in [3.05, 3.63) is 48.7 Å². The monoisotopic (exact) mass is 231 g/mol. The first kappa shape index (κ1) is 13.5. The van der Waals surface area contributed by atoms with Gasteiger partial charge < -0.3 is 4.90 Å². The smallest absolute Gasteiger partial charge is 0.250 e. The molecule has 0 aromatic carbocycles. The summed E-state index contributed by atoms with van der Waals surface area (Å²) in [5, 5.41) is 0. The molecule has 0 radical (unpaired) electrons. The molecule has 0 bridgehead atoms. The second kappa shape index (κ2) is 8.57. The fourth-order valence-corrected chi connectivity index (χ4v) is 1.54. The molecule has 1 amide bonds. The molecule has 0 saturated carbocycles. The third kappa shape index (κ3) is 5.91. The van der Waals surface area contributed by atoms with E-state index in [0.29, 0.717) is 0 Å². The molecule has 0 aliphatic carbocycles. The topological polar surface area (TPSA) is 20.3 Å². The zero-order chi connectivity index (χ0) is 12.3. The van der Waals surface area contributed by atoms with Crippen molar-refractivity contribution in [1.29, 1.82) is 0 Å². The lowest BCUT2D eigenvalue weighted by molar-refractivity contribution is -0.123. The summed E-state index contributed by atoms with van der Waals surface area (Å²) in [6.45, 7) is 2.98. The van der Waals surface area contributed by atoms with Crippen molar-refractivity contribution >= 4 is 5.91 Å². The molecule has 0 unspecified atom stereocenters. The minimum absolute atomic E-state index is 0.0585. The van der Waals surface area contributed by atoms with Gasteiger partial charge in [-0.15, -0.1) is 0 Å². The summed E-state index contributed by atoms with van der Waals surface area (Å²) in [6.07, 6.45) is 19.7. The average molecular weight is 231 g/mol. The SMILES string of the molecule is CCCC=CC=CC=CC(=O)N1C=CCCC1. The molecule has 0 spiro atoms. The Kier molecular flexibility index (Phi) is 6.80. The van der Waals surface area contributed by atoms with Crippen LogP contribution in [0.25, 0.3) is 0 Å². The summed E-state index contributed by atoms with van der Waals surface area (Å²) in [5.41, 5.74) is 0. The van der Waals surface area contributed by atoms with Crippen LogP contribution < -0.4 is 0 Å². The Balaban J connectivity index is 2.30. The molecular formula is C15H21NO. The highest BCUT2D eigenvalue weighted by molar-refractivity contribution is 5.88. The maximum atomic E-state index is 11.7. The van der Waals surface area contributed by atoms with Crippen molar-refractivity contribution in [2.45, 2.75) is 32.6 Å². The van der Waals surface area contributed by atoms with Gasteiger partial charge in [-0.05, 0) is 19.3 Å². The number of hydrogen-bond donors (Lipinski definition) is 0. The van der Waals surface area contributed by atoms with Gasteiger partial charge in [0.15, 0.2) is 0 Å². The fraction of sp³-hybridized carbons (Fsp3) is 0.400. The van der Waals surface area contributed by atoms with Crippen LogP contribution in [0.5, 0.6) is 0 Å². The van der Waals surface area contributed by atoms with E-state index in [1.165, 1.54) is 6.42 Å². The molecule has 1 heterocycles. The van der Waals surface area contributed by atoms with Gasteiger partial charge in [0, 0.05) is 18.8 Å². The first-order chi connectivity index (χ1) is 8.34. The normalized spacial score (nSPS) is 16.6. The van der Waals surface area contributed by atoms with Gasteiger partial charge in [0.2, 0.25) is 5.91 Å². The summed E-state index contributed by atoms with van der Waals surface area (Å²) in [5.74, 6) is 0.0585. The highest BCUT2D eigenvalue weighted by atomic mass is 16.2. The van der Waals surface area contributed by atoms with Gasteiger partial charge in [0.05, 0.1) is 0 Å². The highest BCUT2D eigenvalue weighted by Gasteiger charge is 2.08. The first-order valence-electron chi connectivity index (χ1n) is 6.31. The zero-order valence-electron chi connectivity index (χ0n) is 10.5. The van der Waals surface area contributed by atoms with Gasteiger partial charge in [-0.3, -0.25) is 4.79 Å². The van der Waals surface area contributed by atoms with Gasteiger partial charge in [0.25, 0.3) is 0 Å². The summed E-state index contributed by atoms with van der Waals surface area (Å²) < 4.78 is 0. The Bertz CT molecular complexity index is 337. The quantitative estimate of drug-likeness (QED) is 0.523. The molecule has 0 aromatic rings. The molecule has 92 valence electrons. The maximum Gasteiger partial charge on any atom is 0.250 e. The van der Waals surface area contributed by atoms with E-state index < -0.39 is 0 Å². The molecule has 0 aromatic heterocycles. The van der Waals surface area contributed by atoms with Crippen molar-refractivity contribution in [2.75, 3.05) is 6.54 Å². The van der Waals surface area contributed by atoms with Crippen LogP contribution in [-0.4, -0.2) is 17.4 Å². The second-order valence-corrected chi connectivity index (χ2v) is 4.02. The van der Waals surface area contributed by atoms with Gasteiger partial charge >= 0.3 is 0 Å². The van der Waals surface area contributed by atoms with E-state index in [9.17, 15) is 4.79 Å². The minimum Gasteiger partial charge on any atom is -0.316 e. The Morgan fingerprint density at radius 1 is 1.29 bits per heavy atom. The summed E-state index contributed by atoms with van der Waals surface area (Å²) >= 11 is 0.